The average Bonchev–Trinajstić information content (AvgIpc) is 2.33. The Kier molecular flexibility index (Phi) is 3.14. The lowest BCUT2D eigenvalue weighted by Crippen LogP contribution is -2.16. The highest BCUT2D eigenvalue weighted by Crippen LogP contribution is 2.24. The predicted molar refractivity (Wildman–Crippen MR) is 62.7 cm³/mol. The Morgan fingerprint density at radius 3 is 2.41 bits per heavy atom. The Bertz CT molecular complexity index is 526. The van der Waals surface area contributed by atoms with Crippen LogP contribution in [0, 0.1) is 6.92 Å². The molecule has 0 aliphatic rings. The number of nitrogens with zero attached hydrogens (tertiary/aromatic N) is 2. The van der Waals surface area contributed by atoms with Crippen LogP contribution in [-0.2, 0) is 4.79 Å². The van der Waals surface area contributed by atoms with Crippen molar-refractivity contribution in [2.45, 2.75) is 12.8 Å². The van der Waals surface area contributed by atoms with Gasteiger partial charge in [0.05, 0.1) is 0 Å². The summed E-state index contributed by atoms with van der Waals surface area (Å²) in [5.74, 6) is -1.43. The van der Waals surface area contributed by atoms with Crippen molar-refractivity contribution in [1.82, 2.24) is 9.97 Å². The van der Waals surface area contributed by atoms with E-state index in [4.69, 9.17) is 0 Å². The van der Waals surface area contributed by atoms with Crippen LogP contribution in [0.1, 0.15) is 22.9 Å². The predicted octanol–water partition coefficient (Wildman–Crippen LogP) is 2.00. The molecule has 0 radical (unpaired) electrons. The Hall–Kier alpha value is -2.23. The van der Waals surface area contributed by atoms with Gasteiger partial charge in [0.25, 0.3) is 0 Å². The van der Waals surface area contributed by atoms with Crippen molar-refractivity contribution in [1.29, 1.82) is 0 Å². The summed E-state index contributed by atoms with van der Waals surface area (Å²) >= 11 is 0. The van der Waals surface area contributed by atoms with E-state index in [-0.39, 0.29) is 0 Å². The van der Waals surface area contributed by atoms with Crippen molar-refractivity contribution in [3.05, 3.63) is 59.7 Å². The molecule has 2 aromatic rings. The van der Waals surface area contributed by atoms with Crippen molar-refractivity contribution < 1.29 is 9.90 Å². The number of benzene rings is 1. The molecule has 4 heteroatoms. The Labute approximate surface area is 99.0 Å². The fourth-order valence-corrected chi connectivity index (χ4v) is 1.75. The van der Waals surface area contributed by atoms with Crippen LogP contribution in [0.25, 0.3) is 0 Å². The van der Waals surface area contributed by atoms with Gasteiger partial charge in [-0.1, -0.05) is 24.3 Å². The van der Waals surface area contributed by atoms with E-state index < -0.39 is 11.9 Å². The number of hydrogen-bond donors (Lipinski definition) is 1. The molecule has 17 heavy (non-hydrogen) atoms. The van der Waals surface area contributed by atoms with E-state index in [0.29, 0.717) is 5.82 Å². The molecule has 0 amide bonds. The highest BCUT2D eigenvalue weighted by molar-refractivity contribution is 5.79. The van der Waals surface area contributed by atoms with Gasteiger partial charge in [0.15, 0.2) is 0 Å². The summed E-state index contributed by atoms with van der Waals surface area (Å²) in [5, 5.41) is 9.32. The molecule has 86 valence electrons. The van der Waals surface area contributed by atoms with E-state index in [0.717, 1.165) is 11.1 Å². The van der Waals surface area contributed by atoms with Crippen LogP contribution < -0.4 is 0 Å². The SMILES string of the molecule is Cc1ccccc1C(C(=O)O)c1ncccn1. The lowest BCUT2D eigenvalue weighted by Gasteiger charge is -2.13. The Balaban J connectivity index is 2.51. The molecule has 0 spiro atoms. The number of carboxylic acid groups (broad SMARTS) is 1. The molecule has 1 N–H and O–H groups in total. The molecule has 0 bridgehead atoms. The molecule has 2 rings (SSSR count). The molecule has 0 aliphatic heterocycles. The van der Waals surface area contributed by atoms with E-state index in [2.05, 4.69) is 9.97 Å². The Morgan fingerprint density at radius 1 is 1.18 bits per heavy atom. The first-order valence-corrected chi connectivity index (χ1v) is 5.25. The molecule has 0 saturated heterocycles. The first-order chi connectivity index (χ1) is 8.20. The minimum atomic E-state index is -0.939. The summed E-state index contributed by atoms with van der Waals surface area (Å²) in [6.45, 7) is 1.88. The third kappa shape index (κ3) is 2.30. The number of carbonyl (C=O) groups is 1. The second-order valence-corrected chi connectivity index (χ2v) is 3.73. The van der Waals surface area contributed by atoms with Gasteiger partial charge in [-0.25, -0.2) is 9.97 Å². The monoisotopic (exact) mass is 228 g/mol. The molecule has 0 aliphatic carbocycles. The van der Waals surface area contributed by atoms with E-state index in [1.54, 1.807) is 24.5 Å². The number of rotatable bonds is 3. The van der Waals surface area contributed by atoms with Crippen LogP contribution in [-0.4, -0.2) is 21.0 Å². The summed E-state index contributed by atoms with van der Waals surface area (Å²) < 4.78 is 0. The fourth-order valence-electron chi connectivity index (χ4n) is 1.75. The molecule has 1 atom stereocenters. The fraction of sp³-hybridized carbons (Fsp3) is 0.154. The maximum atomic E-state index is 11.4. The molecule has 1 unspecified atom stereocenters. The molecule has 1 aromatic heterocycles. The smallest absolute Gasteiger partial charge is 0.318 e. The van der Waals surface area contributed by atoms with Crippen molar-refractivity contribution >= 4 is 5.97 Å². The highest BCUT2D eigenvalue weighted by Gasteiger charge is 2.25. The Morgan fingerprint density at radius 2 is 1.82 bits per heavy atom. The third-order valence-electron chi connectivity index (χ3n) is 2.59. The zero-order valence-electron chi connectivity index (χ0n) is 9.37. The zero-order valence-corrected chi connectivity index (χ0v) is 9.37. The molecule has 1 aromatic carbocycles. The molecule has 1 heterocycles. The van der Waals surface area contributed by atoms with E-state index in [1.807, 2.05) is 25.1 Å². The summed E-state index contributed by atoms with van der Waals surface area (Å²) in [7, 11) is 0. The highest BCUT2D eigenvalue weighted by atomic mass is 16.4. The van der Waals surface area contributed by atoms with Gasteiger partial charge in [0.2, 0.25) is 0 Å². The van der Waals surface area contributed by atoms with Gasteiger partial charge < -0.3 is 5.11 Å². The van der Waals surface area contributed by atoms with Crippen molar-refractivity contribution in [2.24, 2.45) is 0 Å². The van der Waals surface area contributed by atoms with Gasteiger partial charge in [-0.15, -0.1) is 0 Å². The first-order valence-electron chi connectivity index (χ1n) is 5.25. The van der Waals surface area contributed by atoms with Crippen molar-refractivity contribution in [2.75, 3.05) is 0 Å². The van der Waals surface area contributed by atoms with Crippen molar-refractivity contribution in [3.8, 4) is 0 Å². The van der Waals surface area contributed by atoms with Gasteiger partial charge in [-0.2, -0.15) is 0 Å². The number of carboxylic acids is 1. The quantitative estimate of drug-likeness (QED) is 0.872. The van der Waals surface area contributed by atoms with Crippen LogP contribution in [0.4, 0.5) is 0 Å². The maximum absolute atomic E-state index is 11.4. The summed E-state index contributed by atoms with van der Waals surface area (Å²) in [5.41, 5.74) is 1.65. The molecule has 4 nitrogen and oxygen atoms in total. The molecular formula is C13H12N2O2. The number of hydrogen-bond acceptors (Lipinski definition) is 3. The normalized spacial score (nSPS) is 12.1. The lowest BCUT2D eigenvalue weighted by atomic mass is 9.94. The van der Waals surface area contributed by atoms with Gasteiger partial charge in [0, 0.05) is 12.4 Å². The van der Waals surface area contributed by atoms with Gasteiger partial charge in [0.1, 0.15) is 11.7 Å². The second-order valence-electron chi connectivity index (χ2n) is 3.73. The van der Waals surface area contributed by atoms with E-state index >= 15 is 0 Å². The van der Waals surface area contributed by atoms with E-state index in [1.165, 1.54) is 0 Å². The minimum absolute atomic E-state index is 0.314. The lowest BCUT2D eigenvalue weighted by molar-refractivity contribution is -0.137. The number of aryl methyl sites for hydroxylation is 1. The number of aliphatic carboxylic acids is 1. The maximum Gasteiger partial charge on any atom is 0.318 e. The van der Waals surface area contributed by atoms with Crippen LogP contribution in [0.3, 0.4) is 0 Å². The largest absolute Gasteiger partial charge is 0.480 e. The van der Waals surface area contributed by atoms with Crippen LogP contribution in [0.15, 0.2) is 42.7 Å². The first kappa shape index (κ1) is 11.3. The number of aromatic nitrogens is 2. The minimum Gasteiger partial charge on any atom is -0.480 e. The molecular weight excluding hydrogens is 216 g/mol. The van der Waals surface area contributed by atoms with Gasteiger partial charge in [-0.05, 0) is 24.1 Å². The van der Waals surface area contributed by atoms with Gasteiger partial charge >= 0.3 is 5.97 Å². The summed E-state index contributed by atoms with van der Waals surface area (Å²) in [4.78, 5) is 19.4. The molecule has 0 fully saturated rings. The topological polar surface area (TPSA) is 63.1 Å². The second kappa shape index (κ2) is 4.74. The molecule has 0 saturated carbocycles. The summed E-state index contributed by atoms with van der Waals surface area (Å²) in [6, 6.07) is 9.05. The van der Waals surface area contributed by atoms with Crippen LogP contribution in [0.5, 0.6) is 0 Å². The average molecular weight is 228 g/mol. The standard InChI is InChI=1S/C13H12N2O2/c1-9-5-2-3-6-10(9)11(13(16)17)12-14-7-4-8-15-12/h2-8,11H,1H3,(H,16,17). The van der Waals surface area contributed by atoms with Gasteiger partial charge in [-0.3, -0.25) is 4.79 Å². The van der Waals surface area contributed by atoms with Crippen molar-refractivity contribution in [3.63, 3.8) is 0 Å². The zero-order chi connectivity index (χ0) is 12.3. The van der Waals surface area contributed by atoms with Crippen LogP contribution >= 0.6 is 0 Å². The third-order valence-corrected chi connectivity index (χ3v) is 2.59. The summed E-state index contributed by atoms with van der Waals surface area (Å²) in [6.07, 6.45) is 3.10. The van der Waals surface area contributed by atoms with E-state index in [9.17, 15) is 9.90 Å². The van der Waals surface area contributed by atoms with Crippen LogP contribution in [0.2, 0.25) is 0 Å².